The zero-order valence-corrected chi connectivity index (χ0v) is 10.2. The van der Waals surface area contributed by atoms with Gasteiger partial charge in [-0.15, -0.1) is 0 Å². The molecule has 88 valence electrons. The molecule has 2 aromatic rings. The van der Waals surface area contributed by atoms with Gasteiger partial charge in [0.1, 0.15) is 5.82 Å². The smallest absolute Gasteiger partial charge is 0.137 e. The van der Waals surface area contributed by atoms with Gasteiger partial charge in [-0.05, 0) is 36.8 Å². The van der Waals surface area contributed by atoms with Crippen LogP contribution >= 0.6 is 11.8 Å². The van der Waals surface area contributed by atoms with Crippen LogP contribution in [0, 0.1) is 5.82 Å². The number of nitrogens with zero attached hydrogens (tertiary/aromatic N) is 1. The molecule has 0 fully saturated rings. The molecule has 2 rings (SSSR count). The zero-order chi connectivity index (χ0) is 12.3. The van der Waals surface area contributed by atoms with Crippen LogP contribution in [0.15, 0.2) is 52.5 Å². The van der Waals surface area contributed by atoms with Gasteiger partial charge in [0.05, 0.1) is 0 Å². The van der Waals surface area contributed by atoms with E-state index in [1.165, 1.54) is 17.8 Å². The molecule has 0 radical (unpaired) electrons. The van der Waals surface area contributed by atoms with E-state index < -0.39 is 0 Å². The first-order valence-electron chi connectivity index (χ1n) is 5.30. The Balaban J connectivity index is 2.23. The van der Waals surface area contributed by atoms with Crippen molar-refractivity contribution in [1.29, 1.82) is 0 Å². The quantitative estimate of drug-likeness (QED) is 0.905. The van der Waals surface area contributed by atoms with Crippen molar-refractivity contribution in [3.63, 3.8) is 0 Å². The third-order valence-electron chi connectivity index (χ3n) is 2.36. The van der Waals surface area contributed by atoms with E-state index in [9.17, 15) is 4.39 Å². The summed E-state index contributed by atoms with van der Waals surface area (Å²) >= 11 is 1.38. The van der Waals surface area contributed by atoms with Gasteiger partial charge in [-0.1, -0.05) is 17.8 Å². The lowest BCUT2D eigenvalue weighted by Gasteiger charge is -2.08. The third kappa shape index (κ3) is 3.05. The van der Waals surface area contributed by atoms with Gasteiger partial charge in [0.2, 0.25) is 0 Å². The monoisotopic (exact) mass is 248 g/mol. The molecule has 0 aliphatic heterocycles. The Kier molecular flexibility index (Phi) is 3.76. The molecular weight excluding hydrogens is 235 g/mol. The maximum absolute atomic E-state index is 13.8. The first-order chi connectivity index (χ1) is 8.16. The van der Waals surface area contributed by atoms with E-state index in [-0.39, 0.29) is 11.9 Å². The van der Waals surface area contributed by atoms with E-state index >= 15 is 0 Å². The molecule has 1 atom stereocenters. The van der Waals surface area contributed by atoms with Crippen LogP contribution in [0.1, 0.15) is 18.5 Å². The van der Waals surface area contributed by atoms with E-state index in [4.69, 9.17) is 5.73 Å². The van der Waals surface area contributed by atoms with Crippen molar-refractivity contribution in [2.24, 2.45) is 5.73 Å². The second-order valence-corrected chi connectivity index (χ2v) is 4.88. The van der Waals surface area contributed by atoms with Crippen LogP contribution in [0.3, 0.4) is 0 Å². The highest BCUT2D eigenvalue weighted by Crippen LogP contribution is 2.30. The SMILES string of the molecule is CC(N)c1ccc(Sc2ccncc2)c(F)c1. The van der Waals surface area contributed by atoms with E-state index in [0.29, 0.717) is 4.90 Å². The van der Waals surface area contributed by atoms with Crippen molar-refractivity contribution in [2.45, 2.75) is 22.8 Å². The number of rotatable bonds is 3. The van der Waals surface area contributed by atoms with Gasteiger partial charge in [0.15, 0.2) is 0 Å². The van der Waals surface area contributed by atoms with Crippen LogP contribution in [-0.2, 0) is 0 Å². The van der Waals surface area contributed by atoms with Gasteiger partial charge in [-0.2, -0.15) is 0 Å². The van der Waals surface area contributed by atoms with Crippen molar-refractivity contribution in [3.05, 3.63) is 54.1 Å². The second kappa shape index (κ2) is 5.29. The molecule has 0 saturated carbocycles. The molecule has 1 aromatic carbocycles. The van der Waals surface area contributed by atoms with Crippen molar-refractivity contribution >= 4 is 11.8 Å². The Hall–Kier alpha value is -1.39. The third-order valence-corrected chi connectivity index (χ3v) is 3.42. The molecule has 0 amide bonds. The summed E-state index contributed by atoms with van der Waals surface area (Å²) < 4.78 is 13.8. The van der Waals surface area contributed by atoms with Crippen LogP contribution in [0.2, 0.25) is 0 Å². The van der Waals surface area contributed by atoms with Crippen molar-refractivity contribution in [3.8, 4) is 0 Å². The molecule has 0 saturated heterocycles. The standard InChI is InChI=1S/C13H13FN2S/c1-9(15)10-2-3-13(12(14)8-10)17-11-4-6-16-7-5-11/h2-9H,15H2,1H3. The molecule has 17 heavy (non-hydrogen) atoms. The van der Waals surface area contributed by atoms with Crippen LogP contribution in [0.25, 0.3) is 0 Å². The summed E-state index contributed by atoms with van der Waals surface area (Å²) in [6, 6.07) is 8.67. The van der Waals surface area contributed by atoms with Crippen LogP contribution in [0.4, 0.5) is 4.39 Å². The summed E-state index contributed by atoms with van der Waals surface area (Å²) in [5.74, 6) is -0.235. The van der Waals surface area contributed by atoms with Crippen molar-refractivity contribution < 1.29 is 4.39 Å². The number of aromatic nitrogens is 1. The summed E-state index contributed by atoms with van der Waals surface area (Å²) in [7, 11) is 0. The largest absolute Gasteiger partial charge is 0.324 e. The molecular formula is C13H13FN2S. The molecule has 0 bridgehead atoms. The lowest BCUT2D eigenvalue weighted by Crippen LogP contribution is -2.05. The molecule has 0 aliphatic carbocycles. The minimum Gasteiger partial charge on any atom is -0.324 e. The number of nitrogens with two attached hydrogens (primary N) is 1. The Morgan fingerprint density at radius 3 is 2.53 bits per heavy atom. The van der Waals surface area contributed by atoms with Gasteiger partial charge < -0.3 is 5.73 Å². The van der Waals surface area contributed by atoms with Crippen molar-refractivity contribution in [2.75, 3.05) is 0 Å². The molecule has 0 spiro atoms. The number of benzene rings is 1. The maximum atomic E-state index is 13.8. The predicted molar refractivity (Wildman–Crippen MR) is 67.4 cm³/mol. The van der Waals surface area contributed by atoms with Gasteiger partial charge >= 0.3 is 0 Å². The highest BCUT2D eigenvalue weighted by atomic mass is 32.2. The Morgan fingerprint density at radius 1 is 1.24 bits per heavy atom. The normalized spacial score (nSPS) is 12.4. The maximum Gasteiger partial charge on any atom is 0.137 e. The van der Waals surface area contributed by atoms with E-state index in [0.717, 1.165) is 10.5 Å². The highest BCUT2D eigenvalue weighted by Gasteiger charge is 2.07. The fraction of sp³-hybridized carbons (Fsp3) is 0.154. The molecule has 0 aliphatic rings. The molecule has 4 heteroatoms. The first-order valence-corrected chi connectivity index (χ1v) is 6.11. The number of pyridine rings is 1. The molecule has 2 N–H and O–H groups in total. The summed E-state index contributed by atoms with van der Waals surface area (Å²) in [6.07, 6.45) is 3.38. The van der Waals surface area contributed by atoms with Crippen molar-refractivity contribution in [1.82, 2.24) is 4.98 Å². The minimum absolute atomic E-state index is 0.149. The average molecular weight is 248 g/mol. The lowest BCUT2D eigenvalue weighted by molar-refractivity contribution is 0.596. The fourth-order valence-corrected chi connectivity index (χ4v) is 2.22. The molecule has 2 nitrogen and oxygen atoms in total. The lowest BCUT2D eigenvalue weighted by atomic mass is 10.1. The predicted octanol–water partition coefficient (Wildman–Crippen LogP) is 3.39. The second-order valence-electron chi connectivity index (χ2n) is 3.76. The Bertz CT molecular complexity index is 500. The van der Waals surface area contributed by atoms with E-state index in [1.54, 1.807) is 18.5 Å². The average Bonchev–Trinajstić information content (AvgIpc) is 2.33. The summed E-state index contributed by atoms with van der Waals surface area (Å²) in [4.78, 5) is 5.49. The summed E-state index contributed by atoms with van der Waals surface area (Å²) in [5, 5.41) is 0. The van der Waals surface area contributed by atoms with Gasteiger partial charge in [-0.25, -0.2) is 4.39 Å². The summed E-state index contributed by atoms with van der Waals surface area (Å²) in [5.41, 5.74) is 6.51. The Morgan fingerprint density at radius 2 is 1.94 bits per heavy atom. The van der Waals surface area contributed by atoms with Gasteiger partial charge in [0, 0.05) is 28.2 Å². The summed E-state index contributed by atoms with van der Waals surface area (Å²) in [6.45, 7) is 1.84. The number of halogens is 1. The molecule has 1 aromatic heterocycles. The minimum atomic E-state index is -0.235. The van der Waals surface area contributed by atoms with Gasteiger partial charge in [0.25, 0.3) is 0 Å². The fourth-order valence-electron chi connectivity index (χ4n) is 1.42. The topological polar surface area (TPSA) is 38.9 Å². The Labute approximate surface area is 104 Å². The molecule has 1 unspecified atom stereocenters. The highest BCUT2D eigenvalue weighted by molar-refractivity contribution is 7.99. The molecule has 1 heterocycles. The number of hydrogen-bond acceptors (Lipinski definition) is 3. The van der Waals surface area contributed by atoms with Crippen LogP contribution < -0.4 is 5.73 Å². The van der Waals surface area contributed by atoms with Gasteiger partial charge in [-0.3, -0.25) is 4.98 Å². The van der Waals surface area contributed by atoms with Crippen LogP contribution in [-0.4, -0.2) is 4.98 Å². The first kappa shape index (κ1) is 12.1. The number of hydrogen-bond donors (Lipinski definition) is 1. The zero-order valence-electron chi connectivity index (χ0n) is 9.43. The van der Waals surface area contributed by atoms with E-state index in [1.807, 2.05) is 25.1 Å². The van der Waals surface area contributed by atoms with Crippen LogP contribution in [0.5, 0.6) is 0 Å². The van der Waals surface area contributed by atoms with E-state index in [2.05, 4.69) is 4.98 Å².